The van der Waals surface area contributed by atoms with E-state index < -0.39 is 5.97 Å². The zero-order valence-electron chi connectivity index (χ0n) is 27.7. The predicted molar refractivity (Wildman–Crippen MR) is 185 cm³/mol. The summed E-state index contributed by atoms with van der Waals surface area (Å²) in [4.78, 5) is 25.0. The van der Waals surface area contributed by atoms with Crippen LogP contribution in [-0.2, 0) is 11.2 Å². The maximum absolute atomic E-state index is 11.8. The molecule has 0 saturated carbocycles. The molecule has 0 spiro atoms. The molecular formula is C40H49NO4. The molecule has 0 unspecified atom stereocenters. The van der Waals surface area contributed by atoms with E-state index in [-0.39, 0.29) is 5.91 Å². The second-order valence-corrected chi connectivity index (χ2v) is 12.6. The summed E-state index contributed by atoms with van der Waals surface area (Å²) in [5, 5.41) is 9.65. The highest BCUT2D eigenvalue weighted by atomic mass is 16.5. The molecule has 0 aliphatic heterocycles. The second-order valence-electron chi connectivity index (χ2n) is 12.6. The summed E-state index contributed by atoms with van der Waals surface area (Å²) in [7, 11) is 3.54. The normalized spacial score (nSPS) is 13.8. The Morgan fingerprint density at radius 1 is 0.933 bits per heavy atom. The molecule has 0 heterocycles. The first-order valence-corrected chi connectivity index (χ1v) is 16.5. The number of hydrogen-bond donors (Lipinski definition) is 1. The Hall–Kier alpha value is -4.12. The van der Waals surface area contributed by atoms with Crippen molar-refractivity contribution >= 4 is 23.0 Å². The number of unbranched alkanes of at least 4 members (excludes halogenated alkanes) is 3. The lowest BCUT2D eigenvalue weighted by atomic mass is 9.86. The minimum absolute atomic E-state index is 0.0399. The van der Waals surface area contributed by atoms with Crippen molar-refractivity contribution < 1.29 is 19.4 Å². The van der Waals surface area contributed by atoms with Gasteiger partial charge in [0.2, 0.25) is 5.91 Å². The monoisotopic (exact) mass is 607 g/mol. The molecule has 4 rings (SSSR count). The van der Waals surface area contributed by atoms with E-state index in [0.717, 1.165) is 80.2 Å². The van der Waals surface area contributed by atoms with Gasteiger partial charge in [0.15, 0.2) is 0 Å². The maximum atomic E-state index is 11.8. The van der Waals surface area contributed by atoms with Gasteiger partial charge in [-0.15, -0.1) is 0 Å². The predicted octanol–water partition coefficient (Wildman–Crippen LogP) is 9.30. The third-order valence-electron chi connectivity index (χ3n) is 8.89. The molecule has 5 heteroatoms. The van der Waals surface area contributed by atoms with E-state index in [4.69, 9.17) is 4.74 Å². The van der Waals surface area contributed by atoms with E-state index in [2.05, 4.69) is 63.2 Å². The number of rotatable bonds is 14. The van der Waals surface area contributed by atoms with Crippen molar-refractivity contribution in [2.75, 3.05) is 20.7 Å². The van der Waals surface area contributed by atoms with Gasteiger partial charge in [0, 0.05) is 14.1 Å². The van der Waals surface area contributed by atoms with E-state index in [1.165, 1.54) is 27.8 Å². The molecular weight excluding hydrogens is 558 g/mol. The summed E-state index contributed by atoms with van der Waals surface area (Å²) in [6.07, 6.45) is 12.9. The fraction of sp³-hybridized carbons (Fsp3) is 0.400. The van der Waals surface area contributed by atoms with Crippen molar-refractivity contribution in [1.82, 2.24) is 4.90 Å². The highest BCUT2D eigenvalue weighted by molar-refractivity contribution is 6.01. The van der Waals surface area contributed by atoms with E-state index >= 15 is 0 Å². The van der Waals surface area contributed by atoms with E-state index in [9.17, 15) is 14.7 Å². The average molecular weight is 608 g/mol. The van der Waals surface area contributed by atoms with Gasteiger partial charge < -0.3 is 14.7 Å². The van der Waals surface area contributed by atoms with Crippen LogP contribution in [0.2, 0.25) is 0 Å². The molecule has 0 saturated heterocycles. The van der Waals surface area contributed by atoms with Crippen LogP contribution in [0.5, 0.6) is 5.75 Å². The molecule has 1 aliphatic carbocycles. The van der Waals surface area contributed by atoms with Crippen LogP contribution in [0.4, 0.5) is 0 Å². The first kappa shape index (κ1) is 33.8. The summed E-state index contributed by atoms with van der Waals surface area (Å²) >= 11 is 0. The fourth-order valence-electron chi connectivity index (χ4n) is 6.21. The minimum atomic E-state index is -0.889. The summed E-state index contributed by atoms with van der Waals surface area (Å²) in [5.74, 6) is 0.529. The van der Waals surface area contributed by atoms with E-state index in [1.54, 1.807) is 31.1 Å². The Morgan fingerprint density at radius 3 is 2.38 bits per heavy atom. The molecule has 238 valence electrons. The number of ether oxygens (including phenoxy) is 1. The van der Waals surface area contributed by atoms with Crippen LogP contribution in [-0.4, -0.2) is 42.6 Å². The number of allylic oxidation sites excluding steroid dienone is 2. The largest absolute Gasteiger partial charge is 0.493 e. The van der Waals surface area contributed by atoms with Crippen LogP contribution in [0.15, 0.2) is 72.8 Å². The van der Waals surface area contributed by atoms with Crippen molar-refractivity contribution in [1.29, 1.82) is 0 Å². The number of nitrogens with zero attached hydrogens (tertiary/aromatic N) is 1. The average Bonchev–Trinajstić information content (AvgIpc) is 3.21. The zero-order chi connectivity index (χ0) is 32.3. The quantitative estimate of drug-likeness (QED) is 0.146. The van der Waals surface area contributed by atoms with Crippen LogP contribution in [0.1, 0.15) is 102 Å². The van der Waals surface area contributed by atoms with Crippen molar-refractivity contribution in [3.63, 3.8) is 0 Å². The van der Waals surface area contributed by atoms with Gasteiger partial charge in [-0.05, 0) is 128 Å². The van der Waals surface area contributed by atoms with Crippen molar-refractivity contribution in [3.8, 4) is 5.75 Å². The molecule has 1 N–H and O–H groups in total. The number of amides is 1. The number of aromatic carboxylic acids is 1. The molecule has 5 nitrogen and oxygen atoms in total. The van der Waals surface area contributed by atoms with Gasteiger partial charge >= 0.3 is 5.97 Å². The molecule has 0 fully saturated rings. The first-order valence-electron chi connectivity index (χ1n) is 16.5. The summed E-state index contributed by atoms with van der Waals surface area (Å²) < 4.78 is 6.29. The molecule has 45 heavy (non-hydrogen) atoms. The van der Waals surface area contributed by atoms with E-state index in [1.807, 2.05) is 18.2 Å². The summed E-state index contributed by atoms with van der Waals surface area (Å²) in [6.45, 7) is 7.23. The molecule has 1 atom stereocenters. The lowest BCUT2D eigenvalue weighted by molar-refractivity contribution is -0.123. The third-order valence-corrected chi connectivity index (χ3v) is 8.89. The zero-order valence-corrected chi connectivity index (χ0v) is 27.7. The van der Waals surface area contributed by atoms with Crippen LogP contribution in [0, 0.1) is 19.8 Å². The van der Waals surface area contributed by atoms with Gasteiger partial charge in [-0.1, -0.05) is 74.2 Å². The van der Waals surface area contributed by atoms with Gasteiger partial charge in [0.25, 0.3) is 0 Å². The Morgan fingerprint density at radius 2 is 1.69 bits per heavy atom. The molecule has 3 aromatic carbocycles. The van der Waals surface area contributed by atoms with Gasteiger partial charge in [0.05, 0.1) is 12.2 Å². The smallest absolute Gasteiger partial charge is 0.335 e. The Labute approximate surface area is 269 Å². The standard InChI is InChI=1S/C40H49NO4/c1-6-30(13-10-8-7-9-11-16-38(42)41(4)5)27-45-34-21-18-31(19-22-34)39-36-24-20-33(40(43)44)26-32(36)14-12-15-37(39)35-23-17-28(2)25-29(35)3/h11,16-26,30H,6-10,12-15,27H2,1-5H3,(H,43,44)/b16-11+/t30-/m1/s1. The SMILES string of the molecule is CC[C@H](CCCCC/C=C/C(=O)N(C)C)COc1ccc(C2=C(c3ccc(C)cc3C)CCCc3cc(C(=O)O)ccc32)cc1. The van der Waals surface area contributed by atoms with Gasteiger partial charge in [-0.2, -0.15) is 0 Å². The summed E-state index contributed by atoms with van der Waals surface area (Å²) in [6, 6.07) is 20.7. The van der Waals surface area contributed by atoms with Crippen LogP contribution in [0.3, 0.4) is 0 Å². The molecule has 0 aromatic heterocycles. The number of fused-ring (bicyclic) bond motifs is 1. The van der Waals surface area contributed by atoms with Gasteiger partial charge in [-0.3, -0.25) is 4.79 Å². The molecule has 0 radical (unpaired) electrons. The van der Waals surface area contributed by atoms with Crippen molar-refractivity contribution in [2.45, 2.75) is 78.6 Å². The third kappa shape index (κ3) is 9.20. The van der Waals surface area contributed by atoms with Crippen LogP contribution < -0.4 is 4.74 Å². The number of likely N-dealkylation sites (N-methyl/N-ethyl adjacent to an activating group) is 1. The highest BCUT2D eigenvalue weighted by Crippen LogP contribution is 2.41. The molecule has 3 aromatic rings. The van der Waals surface area contributed by atoms with Crippen LogP contribution in [0.25, 0.3) is 11.1 Å². The molecule has 1 aliphatic rings. The number of benzene rings is 3. The Kier molecular flexibility index (Phi) is 12.2. The van der Waals surface area contributed by atoms with Crippen LogP contribution >= 0.6 is 0 Å². The van der Waals surface area contributed by atoms with Crippen molar-refractivity contribution in [2.24, 2.45) is 5.92 Å². The summed E-state index contributed by atoms with van der Waals surface area (Å²) in [5.41, 5.74) is 9.93. The topological polar surface area (TPSA) is 66.8 Å². The number of carbonyl (C=O) groups excluding carboxylic acids is 1. The molecule has 1 amide bonds. The number of carbonyl (C=O) groups is 2. The van der Waals surface area contributed by atoms with Crippen molar-refractivity contribution in [3.05, 3.63) is 112 Å². The Balaban J connectivity index is 1.47. The number of carboxylic acid groups (broad SMARTS) is 1. The fourth-order valence-corrected chi connectivity index (χ4v) is 6.21. The number of carboxylic acids is 1. The minimum Gasteiger partial charge on any atom is -0.493 e. The van der Waals surface area contributed by atoms with Gasteiger partial charge in [-0.25, -0.2) is 4.79 Å². The number of aryl methyl sites for hydroxylation is 3. The van der Waals surface area contributed by atoms with E-state index in [0.29, 0.717) is 18.1 Å². The Bertz CT molecular complexity index is 1530. The lowest BCUT2D eigenvalue weighted by Crippen LogP contribution is -2.18. The first-order chi connectivity index (χ1) is 21.7. The molecule has 0 bridgehead atoms. The van der Waals surface area contributed by atoms with Gasteiger partial charge in [0.1, 0.15) is 5.75 Å². The maximum Gasteiger partial charge on any atom is 0.335 e. The second kappa shape index (κ2) is 16.3. The lowest BCUT2D eigenvalue weighted by Gasteiger charge is -2.19. The number of hydrogen-bond acceptors (Lipinski definition) is 3. The highest BCUT2D eigenvalue weighted by Gasteiger charge is 2.22.